The molecule has 134 valence electrons. The van der Waals surface area contributed by atoms with Crippen LogP contribution in [0.25, 0.3) is 5.69 Å². The second-order valence-corrected chi connectivity index (χ2v) is 6.36. The van der Waals surface area contributed by atoms with Gasteiger partial charge in [-0.1, -0.05) is 55.5 Å². The topological polar surface area (TPSA) is 63.9 Å². The highest BCUT2D eigenvalue weighted by molar-refractivity contribution is 5.76. The summed E-state index contributed by atoms with van der Waals surface area (Å²) >= 11 is 0. The van der Waals surface area contributed by atoms with Crippen LogP contribution >= 0.6 is 0 Å². The summed E-state index contributed by atoms with van der Waals surface area (Å²) in [6.07, 6.45) is 0.421. The molecule has 26 heavy (non-hydrogen) atoms. The van der Waals surface area contributed by atoms with Gasteiger partial charge in [-0.05, 0) is 41.0 Å². The summed E-state index contributed by atoms with van der Waals surface area (Å²) in [5, 5.41) is 12.5. The molecule has 1 atom stereocenters. The molecule has 0 aliphatic rings. The average Bonchev–Trinajstić information content (AvgIpc) is 3.11. The molecular weight excluding hydrogens is 326 g/mol. The van der Waals surface area contributed by atoms with E-state index in [1.807, 2.05) is 69.3 Å². The molecule has 3 aromatic rings. The fraction of sp³-hybridized carbons (Fsp3) is 0.300. The maximum Gasteiger partial charge on any atom is 0.222 e. The van der Waals surface area contributed by atoms with Gasteiger partial charge in [0.25, 0.3) is 0 Å². The molecule has 1 heterocycles. The van der Waals surface area contributed by atoms with Crippen molar-refractivity contribution in [2.45, 2.75) is 33.2 Å². The molecule has 3 rings (SSSR count). The number of rotatable bonds is 5. The van der Waals surface area contributed by atoms with Crippen LogP contribution in [-0.4, -0.2) is 38.1 Å². The van der Waals surface area contributed by atoms with Crippen molar-refractivity contribution in [1.29, 1.82) is 0 Å². The zero-order chi connectivity index (χ0) is 18.7. The number of nitrogens with zero attached hydrogens (tertiary/aromatic N) is 5. The Balaban J connectivity index is 2.18. The first-order chi connectivity index (χ1) is 12.5. The summed E-state index contributed by atoms with van der Waals surface area (Å²) in [6, 6.07) is 15.6. The lowest BCUT2D eigenvalue weighted by atomic mass is 10.0. The Morgan fingerprint density at radius 2 is 1.73 bits per heavy atom. The molecule has 1 aromatic heterocycles. The molecule has 0 fully saturated rings. The number of carbonyl (C=O) groups is 1. The highest BCUT2D eigenvalue weighted by Gasteiger charge is 2.29. The van der Waals surface area contributed by atoms with Gasteiger partial charge < -0.3 is 4.90 Å². The minimum atomic E-state index is -0.363. The molecule has 2 aromatic carbocycles. The molecule has 0 saturated carbocycles. The third-order valence-corrected chi connectivity index (χ3v) is 4.59. The van der Waals surface area contributed by atoms with Crippen molar-refractivity contribution in [1.82, 2.24) is 25.1 Å². The van der Waals surface area contributed by atoms with Crippen molar-refractivity contribution in [3.63, 3.8) is 0 Å². The van der Waals surface area contributed by atoms with Crippen molar-refractivity contribution >= 4 is 5.91 Å². The Kier molecular flexibility index (Phi) is 5.11. The molecular formula is C20H23N5O. The Morgan fingerprint density at radius 3 is 2.35 bits per heavy atom. The molecule has 0 saturated heterocycles. The minimum Gasteiger partial charge on any atom is -0.331 e. The Hall–Kier alpha value is -3.02. The van der Waals surface area contributed by atoms with Gasteiger partial charge in [0, 0.05) is 13.5 Å². The van der Waals surface area contributed by atoms with E-state index in [4.69, 9.17) is 0 Å². The number of aryl methyl sites for hydroxylation is 2. The van der Waals surface area contributed by atoms with E-state index in [0.717, 1.165) is 22.4 Å². The number of tetrazole rings is 1. The van der Waals surface area contributed by atoms with E-state index in [1.54, 1.807) is 16.6 Å². The molecule has 6 nitrogen and oxygen atoms in total. The third-order valence-electron chi connectivity index (χ3n) is 4.59. The molecule has 0 N–H and O–H groups in total. The molecule has 0 aliphatic carbocycles. The Labute approximate surface area is 153 Å². The van der Waals surface area contributed by atoms with Gasteiger partial charge in [-0.15, -0.1) is 5.10 Å². The number of benzene rings is 2. The second kappa shape index (κ2) is 7.47. The molecule has 6 heteroatoms. The number of aromatic nitrogens is 4. The van der Waals surface area contributed by atoms with Crippen molar-refractivity contribution in [2.75, 3.05) is 7.05 Å². The van der Waals surface area contributed by atoms with E-state index in [1.165, 1.54) is 0 Å². The van der Waals surface area contributed by atoms with E-state index in [2.05, 4.69) is 15.5 Å². The summed E-state index contributed by atoms with van der Waals surface area (Å²) in [4.78, 5) is 14.2. The van der Waals surface area contributed by atoms with Crippen LogP contribution < -0.4 is 0 Å². The number of amides is 1. The number of para-hydroxylation sites is 1. The quantitative estimate of drug-likeness (QED) is 0.709. The van der Waals surface area contributed by atoms with Crippen LogP contribution in [0, 0.1) is 13.8 Å². The standard InChI is InChI=1S/C20H23N5O/c1-5-17(26)24(4)19(16-12-7-6-8-13-16)20-21-22-23-25(20)18-14(2)10-9-11-15(18)3/h6-13,19H,5H2,1-4H3. The lowest BCUT2D eigenvalue weighted by molar-refractivity contribution is -0.131. The first-order valence-corrected chi connectivity index (χ1v) is 8.70. The smallest absolute Gasteiger partial charge is 0.222 e. The second-order valence-electron chi connectivity index (χ2n) is 6.36. The van der Waals surface area contributed by atoms with E-state index in [9.17, 15) is 4.79 Å². The van der Waals surface area contributed by atoms with Gasteiger partial charge in [0.05, 0.1) is 5.69 Å². The fourth-order valence-corrected chi connectivity index (χ4v) is 3.24. The summed E-state index contributed by atoms with van der Waals surface area (Å²) in [7, 11) is 1.80. The van der Waals surface area contributed by atoms with Crippen LogP contribution in [0.3, 0.4) is 0 Å². The van der Waals surface area contributed by atoms with Gasteiger partial charge in [-0.25, -0.2) is 0 Å². The Morgan fingerprint density at radius 1 is 1.08 bits per heavy atom. The van der Waals surface area contributed by atoms with E-state index in [-0.39, 0.29) is 11.9 Å². The summed E-state index contributed by atoms with van der Waals surface area (Å²) in [6.45, 7) is 5.92. The van der Waals surface area contributed by atoms with Gasteiger partial charge in [-0.2, -0.15) is 4.68 Å². The number of carbonyl (C=O) groups excluding carboxylic acids is 1. The van der Waals surface area contributed by atoms with Gasteiger partial charge in [0.2, 0.25) is 5.91 Å². The zero-order valence-corrected chi connectivity index (χ0v) is 15.5. The van der Waals surface area contributed by atoms with Gasteiger partial charge in [0.15, 0.2) is 5.82 Å². The predicted octanol–water partition coefficient (Wildman–Crippen LogP) is 3.24. The normalized spacial score (nSPS) is 12.0. The van der Waals surface area contributed by atoms with E-state index in [0.29, 0.717) is 12.2 Å². The lowest BCUT2D eigenvalue weighted by Crippen LogP contribution is -2.33. The Bertz CT molecular complexity index is 883. The third kappa shape index (κ3) is 3.22. The molecule has 0 bridgehead atoms. The number of hydrogen-bond donors (Lipinski definition) is 0. The highest BCUT2D eigenvalue weighted by atomic mass is 16.2. The van der Waals surface area contributed by atoms with Crippen LogP contribution in [0.1, 0.15) is 41.9 Å². The van der Waals surface area contributed by atoms with Crippen molar-refractivity contribution in [3.05, 3.63) is 71.0 Å². The number of hydrogen-bond acceptors (Lipinski definition) is 4. The van der Waals surface area contributed by atoms with Crippen molar-refractivity contribution in [3.8, 4) is 5.69 Å². The largest absolute Gasteiger partial charge is 0.331 e. The summed E-state index contributed by atoms with van der Waals surface area (Å²) in [5.74, 6) is 0.660. The average molecular weight is 349 g/mol. The van der Waals surface area contributed by atoms with Gasteiger partial charge in [-0.3, -0.25) is 4.79 Å². The van der Waals surface area contributed by atoms with Crippen LogP contribution in [0.4, 0.5) is 0 Å². The molecule has 1 unspecified atom stereocenters. The van der Waals surface area contributed by atoms with Crippen LogP contribution in [-0.2, 0) is 4.79 Å². The van der Waals surface area contributed by atoms with E-state index >= 15 is 0 Å². The SMILES string of the molecule is CCC(=O)N(C)C(c1ccccc1)c1nnnn1-c1c(C)cccc1C. The first-order valence-electron chi connectivity index (χ1n) is 8.70. The highest BCUT2D eigenvalue weighted by Crippen LogP contribution is 2.29. The molecule has 0 spiro atoms. The van der Waals surface area contributed by atoms with Crippen LogP contribution in [0.2, 0.25) is 0 Å². The minimum absolute atomic E-state index is 0.0370. The fourth-order valence-electron chi connectivity index (χ4n) is 3.24. The lowest BCUT2D eigenvalue weighted by Gasteiger charge is -2.28. The van der Waals surface area contributed by atoms with E-state index < -0.39 is 0 Å². The maximum atomic E-state index is 12.5. The predicted molar refractivity (Wildman–Crippen MR) is 100.0 cm³/mol. The summed E-state index contributed by atoms with van der Waals surface area (Å²) in [5.41, 5.74) is 4.08. The van der Waals surface area contributed by atoms with Gasteiger partial charge >= 0.3 is 0 Å². The maximum absolute atomic E-state index is 12.5. The molecule has 1 amide bonds. The monoisotopic (exact) mass is 349 g/mol. The van der Waals surface area contributed by atoms with Crippen LogP contribution in [0.15, 0.2) is 48.5 Å². The zero-order valence-electron chi connectivity index (χ0n) is 15.5. The van der Waals surface area contributed by atoms with Crippen molar-refractivity contribution < 1.29 is 4.79 Å². The van der Waals surface area contributed by atoms with Crippen LogP contribution in [0.5, 0.6) is 0 Å². The van der Waals surface area contributed by atoms with Gasteiger partial charge in [0.1, 0.15) is 6.04 Å². The first kappa shape index (κ1) is 17.8. The molecule has 0 aliphatic heterocycles. The summed E-state index contributed by atoms with van der Waals surface area (Å²) < 4.78 is 1.75. The van der Waals surface area contributed by atoms with Crippen molar-refractivity contribution in [2.24, 2.45) is 0 Å². The molecule has 0 radical (unpaired) electrons.